The van der Waals surface area contributed by atoms with Crippen molar-refractivity contribution in [2.75, 3.05) is 0 Å². The monoisotopic (exact) mass is 293 g/mol. The van der Waals surface area contributed by atoms with E-state index in [1.807, 2.05) is 12.2 Å². The van der Waals surface area contributed by atoms with E-state index in [1.54, 1.807) is 41.5 Å². The Morgan fingerprint density at radius 1 is 0.833 bits per heavy atom. The van der Waals surface area contributed by atoms with Gasteiger partial charge in [-0.15, -0.1) is 6.42 Å². The minimum absolute atomic E-state index is 0. The van der Waals surface area contributed by atoms with E-state index in [-0.39, 0.29) is 40.0 Å². The van der Waals surface area contributed by atoms with Crippen LogP contribution >= 0.6 is 0 Å². The first-order valence-corrected chi connectivity index (χ1v) is 5.96. The van der Waals surface area contributed by atoms with Crippen molar-refractivity contribution < 1.29 is 37.0 Å². The summed E-state index contributed by atoms with van der Waals surface area (Å²) >= 11 is 0. The summed E-state index contributed by atoms with van der Waals surface area (Å²) in [6.45, 7) is 10.3. The van der Waals surface area contributed by atoms with Gasteiger partial charge in [0.25, 0.3) is 0 Å². The van der Waals surface area contributed by atoms with Gasteiger partial charge in [0.1, 0.15) is 0 Å². The summed E-state index contributed by atoms with van der Waals surface area (Å²) in [5, 5.41) is 24.2. The standard InChI is InChI=1S/C5H5.3C3H8O.Ti/c1-2-4-5-3-1;3*1-3(2)4;/h1-3H,4H2;3*3-4H,1-2H3;/q-1;;;;. The molecule has 3 nitrogen and oxygen atoms in total. The normalized spacial score (nSPS) is 10.9. The maximum atomic E-state index is 8.06. The zero-order valence-electron chi connectivity index (χ0n) is 12.5. The fraction of sp³-hybridized carbons (Fsp3) is 0.714. The van der Waals surface area contributed by atoms with Crippen molar-refractivity contribution >= 4 is 0 Å². The second-order valence-corrected chi connectivity index (χ2v) is 4.28. The zero-order chi connectivity index (χ0) is 14.3. The zero-order valence-corrected chi connectivity index (χ0v) is 14.1. The van der Waals surface area contributed by atoms with Crippen LogP contribution in [0.25, 0.3) is 0 Å². The van der Waals surface area contributed by atoms with E-state index in [0.29, 0.717) is 0 Å². The number of hydrogen-bond acceptors (Lipinski definition) is 3. The van der Waals surface area contributed by atoms with Gasteiger partial charge in [-0.2, -0.15) is 6.08 Å². The fourth-order valence-electron chi connectivity index (χ4n) is 0.340. The van der Waals surface area contributed by atoms with Crippen molar-refractivity contribution in [3.63, 3.8) is 0 Å². The van der Waals surface area contributed by atoms with Gasteiger partial charge in [0.2, 0.25) is 0 Å². The molecule has 1 aliphatic rings. The average molecular weight is 293 g/mol. The van der Waals surface area contributed by atoms with Crippen LogP contribution in [0.2, 0.25) is 0 Å². The molecule has 0 aromatic rings. The van der Waals surface area contributed by atoms with Gasteiger partial charge in [-0.1, -0.05) is 0 Å². The van der Waals surface area contributed by atoms with Crippen LogP contribution < -0.4 is 0 Å². The SMILES string of the molecule is CC(C)O.CC(C)O.CC(C)O.[C-]1=CC=CC1.[Ti]. The molecule has 4 heteroatoms. The molecular weight excluding hydrogens is 264 g/mol. The van der Waals surface area contributed by atoms with Gasteiger partial charge in [-0.05, 0) is 41.5 Å². The van der Waals surface area contributed by atoms with Crippen molar-refractivity contribution in [2.45, 2.75) is 66.3 Å². The van der Waals surface area contributed by atoms with E-state index < -0.39 is 0 Å². The van der Waals surface area contributed by atoms with Gasteiger partial charge in [0.05, 0.1) is 0 Å². The minimum Gasteiger partial charge on any atom is -0.394 e. The van der Waals surface area contributed by atoms with E-state index in [2.05, 4.69) is 12.2 Å². The van der Waals surface area contributed by atoms with Crippen LogP contribution in [0, 0.1) is 6.08 Å². The molecule has 1 rings (SSSR count). The third-order valence-corrected chi connectivity index (χ3v) is 0.586. The van der Waals surface area contributed by atoms with E-state index in [0.717, 1.165) is 6.42 Å². The molecule has 0 heterocycles. The molecule has 108 valence electrons. The minimum atomic E-state index is -0.167. The van der Waals surface area contributed by atoms with Crippen LogP contribution in [-0.4, -0.2) is 33.6 Å². The number of rotatable bonds is 0. The third-order valence-electron chi connectivity index (χ3n) is 0.586. The molecule has 0 aromatic heterocycles. The summed E-state index contributed by atoms with van der Waals surface area (Å²) < 4.78 is 0. The Kier molecular flexibility index (Phi) is 32.9. The Hall–Kier alpha value is 0.0743. The summed E-state index contributed by atoms with van der Waals surface area (Å²) in [4.78, 5) is 0. The average Bonchev–Trinajstić information content (AvgIpc) is 2.53. The summed E-state index contributed by atoms with van der Waals surface area (Å²) in [7, 11) is 0. The van der Waals surface area contributed by atoms with Crippen molar-refractivity contribution in [2.24, 2.45) is 0 Å². The molecule has 18 heavy (non-hydrogen) atoms. The van der Waals surface area contributed by atoms with Crippen molar-refractivity contribution in [1.29, 1.82) is 0 Å². The molecule has 1 aliphatic carbocycles. The first-order valence-electron chi connectivity index (χ1n) is 5.96. The molecule has 0 atom stereocenters. The fourth-order valence-corrected chi connectivity index (χ4v) is 0.340. The molecule has 0 bridgehead atoms. The van der Waals surface area contributed by atoms with Crippen LogP contribution in [0.5, 0.6) is 0 Å². The Balaban J connectivity index is -0.0000000719. The smallest absolute Gasteiger partial charge is 0.0483 e. The molecule has 0 aliphatic heterocycles. The van der Waals surface area contributed by atoms with Crippen LogP contribution in [-0.2, 0) is 21.7 Å². The van der Waals surface area contributed by atoms with Crippen LogP contribution in [0.1, 0.15) is 48.0 Å². The number of allylic oxidation sites excluding steroid dienone is 4. The largest absolute Gasteiger partial charge is 0.394 e. The topological polar surface area (TPSA) is 60.7 Å². The van der Waals surface area contributed by atoms with Crippen molar-refractivity contribution in [3.05, 3.63) is 24.3 Å². The Bertz CT molecular complexity index is 143. The van der Waals surface area contributed by atoms with Gasteiger partial charge in [-0.3, -0.25) is 6.08 Å². The molecule has 0 spiro atoms. The first kappa shape index (κ1) is 26.6. The van der Waals surface area contributed by atoms with Crippen LogP contribution in [0.3, 0.4) is 0 Å². The number of aliphatic hydroxyl groups is 3. The summed E-state index contributed by atoms with van der Waals surface area (Å²) in [5.74, 6) is 0. The quantitative estimate of drug-likeness (QED) is 0.475. The van der Waals surface area contributed by atoms with E-state index in [4.69, 9.17) is 15.3 Å². The number of aliphatic hydroxyl groups excluding tert-OH is 3. The molecule has 0 saturated carbocycles. The van der Waals surface area contributed by atoms with Crippen molar-refractivity contribution in [1.82, 2.24) is 0 Å². The Morgan fingerprint density at radius 3 is 1.17 bits per heavy atom. The van der Waals surface area contributed by atoms with Crippen LogP contribution in [0.15, 0.2) is 18.2 Å². The second kappa shape index (κ2) is 22.3. The van der Waals surface area contributed by atoms with Gasteiger partial charge >= 0.3 is 0 Å². The maximum absolute atomic E-state index is 8.06. The van der Waals surface area contributed by atoms with E-state index in [1.165, 1.54) is 0 Å². The molecule has 0 radical (unpaired) electrons. The molecule has 0 saturated heterocycles. The maximum Gasteiger partial charge on any atom is 0.0483 e. The molecular formula is C14H29O3Ti-. The first-order chi connectivity index (χ1) is 7.70. The van der Waals surface area contributed by atoms with E-state index in [9.17, 15) is 0 Å². The van der Waals surface area contributed by atoms with Gasteiger partial charge in [0, 0.05) is 40.0 Å². The van der Waals surface area contributed by atoms with E-state index >= 15 is 0 Å². The summed E-state index contributed by atoms with van der Waals surface area (Å²) in [5.41, 5.74) is 0. The number of hydrogen-bond donors (Lipinski definition) is 3. The van der Waals surface area contributed by atoms with Crippen LogP contribution in [0.4, 0.5) is 0 Å². The Morgan fingerprint density at radius 2 is 1.11 bits per heavy atom. The predicted octanol–water partition coefficient (Wildman–Crippen LogP) is 2.46. The second-order valence-electron chi connectivity index (χ2n) is 4.28. The molecule has 0 aromatic carbocycles. The Labute approximate surface area is 128 Å². The molecule has 0 fully saturated rings. The predicted molar refractivity (Wildman–Crippen MR) is 73.6 cm³/mol. The van der Waals surface area contributed by atoms with Crippen molar-refractivity contribution in [3.8, 4) is 0 Å². The summed E-state index contributed by atoms with van der Waals surface area (Å²) in [6.07, 6.45) is 9.50. The third kappa shape index (κ3) is 142. The molecule has 3 N–H and O–H groups in total. The molecule has 0 unspecified atom stereocenters. The molecule has 0 amide bonds. The summed E-state index contributed by atoms with van der Waals surface area (Å²) in [6, 6.07) is 0. The van der Waals surface area contributed by atoms with Gasteiger partial charge in [-0.25, -0.2) is 12.2 Å². The van der Waals surface area contributed by atoms with Gasteiger partial charge < -0.3 is 15.3 Å². The van der Waals surface area contributed by atoms with Gasteiger partial charge in [0.15, 0.2) is 0 Å².